The second-order valence-electron chi connectivity index (χ2n) is 9.78. The summed E-state index contributed by atoms with van der Waals surface area (Å²) in [6, 6.07) is 22.6. The normalized spacial score (nSPS) is 14.2. The van der Waals surface area contributed by atoms with E-state index in [0.29, 0.717) is 30.4 Å². The second kappa shape index (κ2) is 12.3. The number of ether oxygens (including phenoxy) is 2. The fourth-order valence-corrected chi connectivity index (χ4v) is 4.56. The van der Waals surface area contributed by atoms with Crippen LogP contribution in [0.4, 0.5) is 26.8 Å². The van der Waals surface area contributed by atoms with Gasteiger partial charge in [-0.1, -0.05) is 54.6 Å². The molecule has 0 bridgehead atoms. The molecule has 9 heteroatoms. The lowest BCUT2D eigenvalue weighted by Crippen LogP contribution is -2.42. The van der Waals surface area contributed by atoms with E-state index in [1.54, 1.807) is 11.1 Å². The summed E-state index contributed by atoms with van der Waals surface area (Å²) in [5.74, 6) is 0.899. The highest BCUT2D eigenvalue weighted by molar-refractivity contribution is 6.00. The Bertz CT molecular complexity index is 1480. The number of hydrogen-bond donors (Lipinski definition) is 2. The Hall–Kier alpha value is -4.92. The topological polar surface area (TPSA) is 106 Å². The molecule has 2 N–H and O–H groups in total. The predicted molar refractivity (Wildman–Crippen MR) is 154 cm³/mol. The first-order valence-corrected chi connectivity index (χ1v) is 13.1. The van der Waals surface area contributed by atoms with Crippen LogP contribution in [0.3, 0.4) is 0 Å². The van der Waals surface area contributed by atoms with E-state index in [2.05, 4.69) is 20.6 Å². The van der Waals surface area contributed by atoms with Crippen molar-refractivity contribution < 1.29 is 19.1 Å². The number of rotatable bonds is 7. The summed E-state index contributed by atoms with van der Waals surface area (Å²) in [6.07, 6.45) is 3.44. The molecule has 1 unspecified atom stereocenters. The predicted octanol–water partition coefficient (Wildman–Crippen LogP) is 6.13. The highest BCUT2D eigenvalue weighted by atomic mass is 16.6. The monoisotopic (exact) mass is 537 g/mol. The Morgan fingerprint density at radius 1 is 0.950 bits per heavy atom. The quantitative estimate of drug-likeness (QED) is 0.294. The Labute approximate surface area is 233 Å². The van der Waals surface area contributed by atoms with Crippen molar-refractivity contribution in [1.82, 2.24) is 9.97 Å². The minimum Gasteiger partial charge on any atom is -0.491 e. The molecule has 3 aromatic carbocycles. The smallest absolute Gasteiger partial charge is 0.414 e. The first-order valence-electron chi connectivity index (χ1n) is 13.1. The van der Waals surface area contributed by atoms with Crippen LogP contribution in [-0.4, -0.2) is 35.2 Å². The highest BCUT2D eigenvalue weighted by Gasteiger charge is 2.30. The number of hydrogen-bond acceptors (Lipinski definition) is 6. The maximum Gasteiger partial charge on any atom is 0.414 e. The standard InChI is InChI=1S/C31H31N5O4/c1-21-12-13-28(26(14-21)34-30(37)35-29-17-32-22(2)16-33-29)39-20-24-15-25-10-6-7-11-27(25)36(18-24)31(38)40-19-23-8-4-3-5-9-23/h3-14,16-17,24H,15,18-20H2,1-2H3,(H2,33,34,35,37). The number of amides is 3. The minimum atomic E-state index is -0.451. The van der Waals surface area contributed by atoms with Crippen molar-refractivity contribution in [2.75, 3.05) is 28.7 Å². The SMILES string of the molecule is Cc1ccc(OCC2Cc3ccccc3N(C(=O)OCc3ccccc3)C2)c(NC(=O)Nc2cnc(C)cn2)c1. The van der Waals surface area contributed by atoms with E-state index in [-0.39, 0.29) is 12.5 Å². The van der Waals surface area contributed by atoms with E-state index < -0.39 is 12.1 Å². The summed E-state index contributed by atoms with van der Waals surface area (Å²) in [5.41, 5.74) is 5.10. The summed E-state index contributed by atoms with van der Waals surface area (Å²) in [6.45, 7) is 4.76. The van der Waals surface area contributed by atoms with Gasteiger partial charge in [0.1, 0.15) is 12.4 Å². The van der Waals surface area contributed by atoms with Crippen molar-refractivity contribution in [2.24, 2.45) is 5.92 Å². The fraction of sp³-hybridized carbons (Fsp3) is 0.226. The Morgan fingerprint density at radius 2 is 1.75 bits per heavy atom. The molecule has 4 aromatic rings. The molecule has 0 spiro atoms. The second-order valence-corrected chi connectivity index (χ2v) is 9.78. The van der Waals surface area contributed by atoms with Gasteiger partial charge in [-0.15, -0.1) is 0 Å². The molecule has 9 nitrogen and oxygen atoms in total. The molecule has 0 fully saturated rings. The number of para-hydroxylation sites is 1. The van der Waals surface area contributed by atoms with Crippen LogP contribution in [-0.2, 0) is 17.8 Å². The number of aryl methyl sites for hydroxylation is 2. The molecule has 1 aliphatic heterocycles. The summed E-state index contributed by atoms with van der Waals surface area (Å²) in [4.78, 5) is 35.8. The largest absolute Gasteiger partial charge is 0.491 e. The first-order chi connectivity index (χ1) is 19.4. The zero-order valence-electron chi connectivity index (χ0n) is 22.5. The van der Waals surface area contributed by atoms with Crippen LogP contribution in [0.5, 0.6) is 5.75 Å². The number of carbonyl (C=O) groups is 2. The number of nitrogens with one attached hydrogen (secondary N) is 2. The first kappa shape index (κ1) is 26.7. The summed E-state index contributed by atoms with van der Waals surface area (Å²) >= 11 is 0. The molecule has 3 amide bonds. The molecule has 0 saturated carbocycles. The lowest BCUT2D eigenvalue weighted by molar-refractivity contribution is 0.143. The van der Waals surface area contributed by atoms with Gasteiger partial charge in [0.15, 0.2) is 5.82 Å². The summed E-state index contributed by atoms with van der Waals surface area (Å²) in [7, 11) is 0. The zero-order chi connectivity index (χ0) is 27.9. The van der Waals surface area contributed by atoms with Gasteiger partial charge in [-0.2, -0.15) is 0 Å². The third kappa shape index (κ3) is 6.74. The highest BCUT2D eigenvalue weighted by Crippen LogP contribution is 2.32. The third-order valence-electron chi connectivity index (χ3n) is 6.54. The van der Waals surface area contributed by atoms with Gasteiger partial charge < -0.3 is 14.8 Å². The summed E-state index contributed by atoms with van der Waals surface area (Å²) in [5, 5.41) is 5.54. The van der Waals surface area contributed by atoms with E-state index in [0.717, 1.165) is 34.5 Å². The van der Waals surface area contributed by atoms with E-state index in [9.17, 15) is 9.59 Å². The number of carbonyl (C=O) groups excluding carboxylic acids is 2. The molecule has 0 aliphatic carbocycles. The van der Waals surface area contributed by atoms with E-state index in [1.807, 2.05) is 86.6 Å². The molecule has 1 aromatic heterocycles. The van der Waals surface area contributed by atoms with Gasteiger partial charge in [-0.05, 0) is 55.2 Å². The molecule has 0 radical (unpaired) electrons. The number of urea groups is 1. The van der Waals surface area contributed by atoms with E-state index >= 15 is 0 Å². The van der Waals surface area contributed by atoms with Gasteiger partial charge in [0, 0.05) is 12.5 Å². The van der Waals surface area contributed by atoms with Crippen molar-refractivity contribution in [3.05, 3.63) is 108 Å². The van der Waals surface area contributed by atoms with Gasteiger partial charge in [-0.25, -0.2) is 14.6 Å². The lowest BCUT2D eigenvalue weighted by atomic mass is 9.93. The molecule has 5 rings (SSSR count). The molecular weight excluding hydrogens is 506 g/mol. The van der Waals surface area contributed by atoms with E-state index in [4.69, 9.17) is 9.47 Å². The molecular formula is C31H31N5O4. The van der Waals surface area contributed by atoms with Gasteiger partial charge in [0.25, 0.3) is 0 Å². The average Bonchev–Trinajstić information content (AvgIpc) is 2.97. The molecule has 40 heavy (non-hydrogen) atoms. The molecule has 1 atom stereocenters. The van der Waals surface area contributed by atoms with Crippen LogP contribution in [0.1, 0.15) is 22.4 Å². The maximum absolute atomic E-state index is 13.1. The number of nitrogens with zero attached hydrogens (tertiary/aromatic N) is 3. The molecule has 0 saturated heterocycles. The molecule has 1 aliphatic rings. The van der Waals surface area contributed by atoms with Crippen LogP contribution >= 0.6 is 0 Å². The Balaban J connectivity index is 1.25. The van der Waals surface area contributed by atoms with Crippen LogP contribution in [0, 0.1) is 19.8 Å². The van der Waals surface area contributed by atoms with Crippen LogP contribution in [0.15, 0.2) is 85.2 Å². The maximum atomic E-state index is 13.1. The van der Waals surface area contributed by atoms with Crippen molar-refractivity contribution >= 4 is 29.3 Å². The Morgan fingerprint density at radius 3 is 2.55 bits per heavy atom. The Kier molecular flexibility index (Phi) is 8.20. The average molecular weight is 538 g/mol. The van der Waals surface area contributed by atoms with Crippen LogP contribution in [0.25, 0.3) is 0 Å². The van der Waals surface area contributed by atoms with Gasteiger partial charge in [-0.3, -0.25) is 15.2 Å². The lowest BCUT2D eigenvalue weighted by Gasteiger charge is -2.34. The summed E-state index contributed by atoms with van der Waals surface area (Å²) < 4.78 is 11.9. The van der Waals surface area contributed by atoms with Gasteiger partial charge >= 0.3 is 12.1 Å². The number of fused-ring (bicyclic) bond motifs is 1. The van der Waals surface area contributed by atoms with Crippen LogP contribution < -0.4 is 20.3 Å². The number of anilines is 3. The van der Waals surface area contributed by atoms with Crippen LogP contribution in [0.2, 0.25) is 0 Å². The van der Waals surface area contributed by atoms with Crippen molar-refractivity contribution in [3.8, 4) is 5.75 Å². The third-order valence-corrected chi connectivity index (χ3v) is 6.54. The number of aromatic nitrogens is 2. The fourth-order valence-electron chi connectivity index (χ4n) is 4.56. The van der Waals surface area contributed by atoms with Crippen molar-refractivity contribution in [2.45, 2.75) is 26.9 Å². The van der Waals surface area contributed by atoms with Crippen molar-refractivity contribution in [1.29, 1.82) is 0 Å². The van der Waals surface area contributed by atoms with E-state index in [1.165, 1.54) is 6.20 Å². The minimum absolute atomic E-state index is 0.0185. The molecule has 2 heterocycles. The van der Waals surface area contributed by atoms with Crippen molar-refractivity contribution in [3.63, 3.8) is 0 Å². The zero-order valence-corrected chi connectivity index (χ0v) is 22.5. The van der Waals surface area contributed by atoms with Gasteiger partial charge in [0.2, 0.25) is 0 Å². The number of benzene rings is 3. The van der Waals surface area contributed by atoms with Gasteiger partial charge in [0.05, 0.1) is 36.1 Å². The molecule has 204 valence electrons.